The predicted molar refractivity (Wildman–Crippen MR) is 61.2 cm³/mol. The Hall–Kier alpha value is -1.85. The van der Waals surface area contributed by atoms with Gasteiger partial charge in [0.15, 0.2) is 0 Å². The molecule has 0 aromatic carbocycles. The summed E-state index contributed by atoms with van der Waals surface area (Å²) in [5, 5.41) is 9.04. The molecule has 0 radical (unpaired) electrons. The number of anilines is 2. The molecule has 1 fully saturated rings. The lowest BCUT2D eigenvalue weighted by Gasteiger charge is -2.23. The third-order valence-corrected chi connectivity index (χ3v) is 2.54. The minimum atomic E-state index is 0.122. The Labute approximate surface area is 93.9 Å². The van der Waals surface area contributed by atoms with Gasteiger partial charge in [0.2, 0.25) is 5.91 Å². The van der Waals surface area contributed by atoms with Gasteiger partial charge in [-0.2, -0.15) is 0 Å². The number of rotatable bonds is 3. The molecule has 1 aromatic rings. The standard InChI is InChI=1S/C10H15N5O/c1-11-8-4-9(14-6-13-8)15-7-2-3-10(16)12-5-7/h4,6-7H,2-3,5H2,1H3,(H,12,16)(H2,11,13,14,15). The normalized spacial score (nSPS) is 20.1. The predicted octanol–water partition coefficient (Wildman–Crippen LogP) is 0.209. The zero-order chi connectivity index (χ0) is 11.4. The number of piperidine rings is 1. The number of amides is 1. The van der Waals surface area contributed by atoms with Gasteiger partial charge in [-0.3, -0.25) is 4.79 Å². The monoisotopic (exact) mass is 221 g/mol. The highest BCUT2D eigenvalue weighted by Gasteiger charge is 2.17. The smallest absolute Gasteiger partial charge is 0.220 e. The zero-order valence-corrected chi connectivity index (χ0v) is 9.16. The van der Waals surface area contributed by atoms with Crippen molar-refractivity contribution in [2.75, 3.05) is 24.2 Å². The van der Waals surface area contributed by atoms with E-state index in [-0.39, 0.29) is 11.9 Å². The van der Waals surface area contributed by atoms with Gasteiger partial charge in [0.05, 0.1) is 0 Å². The molecule has 0 saturated carbocycles. The van der Waals surface area contributed by atoms with Crippen molar-refractivity contribution in [3.05, 3.63) is 12.4 Å². The van der Waals surface area contributed by atoms with Gasteiger partial charge < -0.3 is 16.0 Å². The van der Waals surface area contributed by atoms with Crippen LogP contribution in [0.25, 0.3) is 0 Å². The summed E-state index contributed by atoms with van der Waals surface area (Å²) in [4.78, 5) is 19.1. The van der Waals surface area contributed by atoms with E-state index in [9.17, 15) is 4.79 Å². The third-order valence-electron chi connectivity index (χ3n) is 2.54. The molecule has 1 saturated heterocycles. The molecule has 0 bridgehead atoms. The number of aromatic nitrogens is 2. The van der Waals surface area contributed by atoms with E-state index in [1.54, 1.807) is 0 Å². The Balaban J connectivity index is 1.95. The van der Waals surface area contributed by atoms with Crippen molar-refractivity contribution < 1.29 is 4.79 Å². The fourth-order valence-corrected chi connectivity index (χ4v) is 1.64. The van der Waals surface area contributed by atoms with Crippen molar-refractivity contribution in [1.29, 1.82) is 0 Å². The Morgan fingerprint density at radius 2 is 2.25 bits per heavy atom. The van der Waals surface area contributed by atoms with Crippen LogP contribution >= 0.6 is 0 Å². The average Bonchev–Trinajstić information content (AvgIpc) is 2.32. The van der Waals surface area contributed by atoms with Crippen molar-refractivity contribution in [2.24, 2.45) is 0 Å². The summed E-state index contributed by atoms with van der Waals surface area (Å²) in [6.07, 6.45) is 2.92. The molecule has 2 rings (SSSR count). The second-order valence-electron chi connectivity index (χ2n) is 3.72. The van der Waals surface area contributed by atoms with Crippen molar-refractivity contribution in [1.82, 2.24) is 15.3 Å². The lowest BCUT2D eigenvalue weighted by Crippen LogP contribution is -2.42. The molecule has 6 nitrogen and oxygen atoms in total. The maximum atomic E-state index is 11.0. The molecule has 1 aliphatic heterocycles. The third kappa shape index (κ3) is 2.59. The van der Waals surface area contributed by atoms with Crippen LogP contribution in [0.5, 0.6) is 0 Å². The topological polar surface area (TPSA) is 78.9 Å². The molecule has 0 aliphatic carbocycles. The molecule has 1 aromatic heterocycles. The Kier molecular flexibility index (Phi) is 3.19. The summed E-state index contributed by atoms with van der Waals surface area (Å²) in [6, 6.07) is 2.09. The van der Waals surface area contributed by atoms with Gasteiger partial charge in [0.25, 0.3) is 0 Å². The second-order valence-corrected chi connectivity index (χ2v) is 3.72. The van der Waals surface area contributed by atoms with Gasteiger partial charge in [-0.15, -0.1) is 0 Å². The minimum Gasteiger partial charge on any atom is -0.373 e. The van der Waals surface area contributed by atoms with Crippen LogP contribution in [0.15, 0.2) is 12.4 Å². The highest BCUT2D eigenvalue weighted by Crippen LogP contribution is 2.12. The van der Waals surface area contributed by atoms with Gasteiger partial charge >= 0.3 is 0 Å². The Bertz CT molecular complexity index is 371. The maximum absolute atomic E-state index is 11.0. The number of hydrogen-bond donors (Lipinski definition) is 3. The van der Waals surface area contributed by atoms with E-state index < -0.39 is 0 Å². The van der Waals surface area contributed by atoms with Crippen molar-refractivity contribution >= 4 is 17.5 Å². The highest BCUT2D eigenvalue weighted by molar-refractivity contribution is 5.77. The minimum absolute atomic E-state index is 0.122. The molecule has 1 amide bonds. The van der Waals surface area contributed by atoms with Crippen LogP contribution in [-0.4, -0.2) is 35.5 Å². The van der Waals surface area contributed by atoms with Crippen molar-refractivity contribution in [2.45, 2.75) is 18.9 Å². The van der Waals surface area contributed by atoms with Crippen LogP contribution in [0.1, 0.15) is 12.8 Å². The Morgan fingerprint density at radius 3 is 2.94 bits per heavy atom. The van der Waals surface area contributed by atoms with Gasteiger partial charge in [0, 0.05) is 32.1 Å². The summed E-state index contributed by atoms with van der Waals surface area (Å²) < 4.78 is 0. The van der Waals surface area contributed by atoms with Crippen molar-refractivity contribution in [3.63, 3.8) is 0 Å². The molecule has 6 heteroatoms. The summed E-state index contributed by atoms with van der Waals surface area (Å²) >= 11 is 0. The van der Waals surface area contributed by atoms with Crippen LogP contribution in [0.4, 0.5) is 11.6 Å². The molecule has 1 unspecified atom stereocenters. The fraction of sp³-hybridized carbons (Fsp3) is 0.500. The number of carbonyl (C=O) groups excluding carboxylic acids is 1. The number of carbonyl (C=O) groups is 1. The summed E-state index contributed by atoms with van der Waals surface area (Å²) in [5.74, 6) is 1.68. The number of nitrogens with zero attached hydrogens (tertiary/aromatic N) is 2. The molecular weight excluding hydrogens is 206 g/mol. The van der Waals surface area contributed by atoms with Crippen LogP contribution < -0.4 is 16.0 Å². The first kappa shape index (κ1) is 10.7. The van der Waals surface area contributed by atoms with Crippen LogP contribution in [0.3, 0.4) is 0 Å². The molecule has 1 atom stereocenters. The van der Waals surface area contributed by atoms with E-state index in [0.717, 1.165) is 18.1 Å². The van der Waals surface area contributed by atoms with Gasteiger partial charge in [-0.05, 0) is 6.42 Å². The molecular formula is C10H15N5O. The lowest BCUT2D eigenvalue weighted by atomic mass is 10.1. The van der Waals surface area contributed by atoms with Gasteiger partial charge in [0.1, 0.15) is 18.0 Å². The second kappa shape index (κ2) is 4.78. The van der Waals surface area contributed by atoms with E-state index in [2.05, 4.69) is 25.9 Å². The molecule has 86 valence electrons. The van der Waals surface area contributed by atoms with E-state index in [1.807, 2.05) is 13.1 Å². The van der Waals surface area contributed by atoms with Gasteiger partial charge in [-0.25, -0.2) is 9.97 Å². The fourth-order valence-electron chi connectivity index (χ4n) is 1.64. The van der Waals surface area contributed by atoms with E-state index in [1.165, 1.54) is 6.33 Å². The zero-order valence-electron chi connectivity index (χ0n) is 9.16. The molecule has 0 spiro atoms. The van der Waals surface area contributed by atoms with Crippen LogP contribution in [0.2, 0.25) is 0 Å². The molecule has 1 aliphatic rings. The number of hydrogen-bond acceptors (Lipinski definition) is 5. The molecule has 16 heavy (non-hydrogen) atoms. The summed E-state index contributed by atoms with van der Waals surface area (Å²) in [7, 11) is 1.81. The average molecular weight is 221 g/mol. The van der Waals surface area contributed by atoms with Crippen LogP contribution in [0, 0.1) is 0 Å². The van der Waals surface area contributed by atoms with E-state index in [4.69, 9.17) is 0 Å². The SMILES string of the molecule is CNc1cc(NC2CCC(=O)NC2)ncn1. The summed E-state index contributed by atoms with van der Waals surface area (Å²) in [6.45, 7) is 0.651. The summed E-state index contributed by atoms with van der Waals surface area (Å²) in [5.41, 5.74) is 0. The quantitative estimate of drug-likeness (QED) is 0.680. The Morgan fingerprint density at radius 1 is 1.44 bits per heavy atom. The number of nitrogens with one attached hydrogen (secondary N) is 3. The first-order valence-electron chi connectivity index (χ1n) is 5.31. The maximum Gasteiger partial charge on any atom is 0.220 e. The van der Waals surface area contributed by atoms with Crippen molar-refractivity contribution in [3.8, 4) is 0 Å². The molecule has 2 heterocycles. The largest absolute Gasteiger partial charge is 0.373 e. The van der Waals surface area contributed by atoms with E-state index in [0.29, 0.717) is 13.0 Å². The van der Waals surface area contributed by atoms with Gasteiger partial charge in [-0.1, -0.05) is 0 Å². The highest BCUT2D eigenvalue weighted by atomic mass is 16.1. The molecule has 3 N–H and O–H groups in total. The van der Waals surface area contributed by atoms with Crippen LogP contribution in [-0.2, 0) is 4.79 Å². The van der Waals surface area contributed by atoms with E-state index >= 15 is 0 Å². The first-order valence-corrected chi connectivity index (χ1v) is 5.31. The first-order chi connectivity index (χ1) is 7.78. The lowest BCUT2D eigenvalue weighted by molar-refractivity contribution is -0.122.